The maximum atomic E-state index is 12.9. The Labute approximate surface area is 139 Å². The summed E-state index contributed by atoms with van der Waals surface area (Å²) in [5, 5.41) is 2.47. The summed E-state index contributed by atoms with van der Waals surface area (Å²) in [4.78, 5) is 18.1. The fraction of sp³-hybridized carbons (Fsp3) is 0.200. The van der Waals surface area contributed by atoms with Crippen molar-refractivity contribution in [3.63, 3.8) is 0 Å². The molecule has 1 aromatic carbocycles. The number of nitrogens with zero attached hydrogens (tertiary/aromatic N) is 2. The van der Waals surface area contributed by atoms with Gasteiger partial charge in [-0.3, -0.25) is 4.79 Å². The van der Waals surface area contributed by atoms with E-state index in [4.69, 9.17) is 0 Å². The Kier molecular flexibility index (Phi) is 4.93. The minimum Gasteiger partial charge on any atom is -0.362 e. The van der Waals surface area contributed by atoms with E-state index < -0.39 is 17.6 Å². The third kappa shape index (κ3) is 4.01. The summed E-state index contributed by atoms with van der Waals surface area (Å²) in [6, 6.07) is 6.66. The molecule has 0 saturated carbocycles. The molecule has 0 spiro atoms. The number of halogens is 4. The second kappa shape index (κ2) is 6.57. The Morgan fingerprint density at radius 2 is 1.96 bits per heavy atom. The minimum atomic E-state index is -4.51. The van der Waals surface area contributed by atoms with Gasteiger partial charge in [-0.2, -0.15) is 13.2 Å². The lowest BCUT2D eigenvalue weighted by Gasteiger charge is -2.16. The van der Waals surface area contributed by atoms with Crippen LogP contribution in [0.25, 0.3) is 0 Å². The lowest BCUT2D eigenvalue weighted by atomic mass is 10.1. The SMILES string of the molecule is CN(C)c1ncccc1C(=O)Nc1ccc(Br)c(C(F)(F)F)c1. The highest BCUT2D eigenvalue weighted by Gasteiger charge is 2.33. The number of alkyl halides is 3. The van der Waals surface area contributed by atoms with E-state index in [1.54, 1.807) is 31.1 Å². The monoisotopic (exact) mass is 387 g/mol. The zero-order chi connectivity index (χ0) is 17.2. The summed E-state index contributed by atoms with van der Waals surface area (Å²) in [7, 11) is 3.45. The van der Waals surface area contributed by atoms with Crippen molar-refractivity contribution in [3.05, 3.63) is 52.1 Å². The number of hydrogen-bond donors (Lipinski definition) is 1. The van der Waals surface area contributed by atoms with E-state index in [-0.39, 0.29) is 15.7 Å². The molecule has 0 aliphatic rings. The van der Waals surface area contributed by atoms with Gasteiger partial charge in [-0.1, -0.05) is 15.9 Å². The van der Waals surface area contributed by atoms with Crippen molar-refractivity contribution >= 4 is 33.3 Å². The molecule has 2 rings (SSSR count). The zero-order valence-electron chi connectivity index (χ0n) is 12.3. The number of hydrogen-bond acceptors (Lipinski definition) is 3. The molecule has 0 radical (unpaired) electrons. The van der Waals surface area contributed by atoms with E-state index in [0.717, 1.165) is 6.07 Å². The van der Waals surface area contributed by atoms with Crippen LogP contribution in [0.3, 0.4) is 0 Å². The third-order valence-electron chi connectivity index (χ3n) is 2.98. The molecule has 0 fully saturated rings. The topological polar surface area (TPSA) is 45.2 Å². The van der Waals surface area contributed by atoms with Crippen LogP contribution in [0.2, 0.25) is 0 Å². The summed E-state index contributed by atoms with van der Waals surface area (Å²) in [6.07, 6.45) is -2.98. The first kappa shape index (κ1) is 17.3. The molecular weight excluding hydrogens is 375 g/mol. The average molecular weight is 388 g/mol. The Balaban J connectivity index is 2.32. The van der Waals surface area contributed by atoms with Gasteiger partial charge in [0.1, 0.15) is 5.82 Å². The number of pyridine rings is 1. The summed E-state index contributed by atoms with van der Waals surface area (Å²) in [6.45, 7) is 0. The zero-order valence-corrected chi connectivity index (χ0v) is 13.9. The van der Waals surface area contributed by atoms with Gasteiger partial charge in [-0.25, -0.2) is 4.98 Å². The third-order valence-corrected chi connectivity index (χ3v) is 3.68. The smallest absolute Gasteiger partial charge is 0.362 e. The highest BCUT2D eigenvalue weighted by atomic mass is 79.9. The van der Waals surface area contributed by atoms with Crippen LogP contribution in [-0.2, 0) is 6.18 Å². The van der Waals surface area contributed by atoms with Crippen LogP contribution in [0.15, 0.2) is 41.0 Å². The van der Waals surface area contributed by atoms with Crippen LogP contribution >= 0.6 is 15.9 Å². The number of nitrogens with one attached hydrogen (secondary N) is 1. The largest absolute Gasteiger partial charge is 0.417 e. The lowest BCUT2D eigenvalue weighted by molar-refractivity contribution is -0.138. The van der Waals surface area contributed by atoms with Gasteiger partial charge in [-0.05, 0) is 30.3 Å². The average Bonchev–Trinajstić information content (AvgIpc) is 2.48. The lowest BCUT2D eigenvalue weighted by Crippen LogP contribution is -2.20. The maximum absolute atomic E-state index is 12.9. The number of amides is 1. The highest BCUT2D eigenvalue weighted by molar-refractivity contribution is 9.10. The number of carbonyl (C=O) groups excluding carboxylic acids is 1. The van der Waals surface area contributed by atoms with Crippen molar-refractivity contribution in [1.82, 2.24) is 4.98 Å². The van der Waals surface area contributed by atoms with Crippen molar-refractivity contribution in [2.75, 3.05) is 24.3 Å². The fourth-order valence-corrected chi connectivity index (χ4v) is 2.42. The van der Waals surface area contributed by atoms with Crippen LogP contribution in [0.4, 0.5) is 24.7 Å². The van der Waals surface area contributed by atoms with Gasteiger partial charge in [0, 0.05) is 30.5 Å². The fourth-order valence-electron chi connectivity index (χ4n) is 1.95. The van der Waals surface area contributed by atoms with E-state index in [0.29, 0.717) is 5.82 Å². The second-order valence-electron chi connectivity index (χ2n) is 4.92. The van der Waals surface area contributed by atoms with Crippen molar-refractivity contribution < 1.29 is 18.0 Å². The molecule has 23 heavy (non-hydrogen) atoms. The van der Waals surface area contributed by atoms with E-state index in [1.165, 1.54) is 18.3 Å². The highest BCUT2D eigenvalue weighted by Crippen LogP contribution is 2.36. The van der Waals surface area contributed by atoms with Gasteiger partial charge in [0.2, 0.25) is 0 Å². The van der Waals surface area contributed by atoms with Gasteiger partial charge in [0.25, 0.3) is 5.91 Å². The Morgan fingerprint density at radius 1 is 1.26 bits per heavy atom. The maximum Gasteiger partial charge on any atom is 0.417 e. The van der Waals surface area contributed by atoms with E-state index in [1.807, 2.05) is 0 Å². The van der Waals surface area contributed by atoms with Crippen LogP contribution in [0.1, 0.15) is 15.9 Å². The summed E-state index contributed by atoms with van der Waals surface area (Å²) in [5.41, 5.74) is -0.526. The standard InChI is InChI=1S/C15H13BrF3N3O/c1-22(2)13-10(4-3-7-20-13)14(23)21-9-5-6-12(16)11(8-9)15(17,18)19/h3-8H,1-2H3,(H,21,23). The van der Waals surface area contributed by atoms with Gasteiger partial charge in [0.15, 0.2) is 0 Å². The van der Waals surface area contributed by atoms with Crippen molar-refractivity contribution in [2.24, 2.45) is 0 Å². The molecule has 0 bridgehead atoms. The van der Waals surface area contributed by atoms with Gasteiger partial charge in [0.05, 0.1) is 11.1 Å². The molecule has 4 nitrogen and oxygen atoms in total. The number of benzene rings is 1. The van der Waals surface area contributed by atoms with E-state index in [2.05, 4.69) is 26.2 Å². The molecule has 1 aromatic heterocycles. The van der Waals surface area contributed by atoms with E-state index in [9.17, 15) is 18.0 Å². The second-order valence-corrected chi connectivity index (χ2v) is 5.77. The van der Waals surface area contributed by atoms with Gasteiger partial charge in [-0.15, -0.1) is 0 Å². The van der Waals surface area contributed by atoms with Crippen LogP contribution < -0.4 is 10.2 Å². The molecular formula is C15H13BrF3N3O. The van der Waals surface area contributed by atoms with Crippen molar-refractivity contribution in [2.45, 2.75) is 6.18 Å². The molecule has 1 heterocycles. The molecule has 1 amide bonds. The Bertz CT molecular complexity index is 732. The normalized spacial score (nSPS) is 11.2. The molecule has 122 valence electrons. The predicted molar refractivity (Wildman–Crippen MR) is 85.7 cm³/mol. The first-order valence-electron chi connectivity index (χ1n) is 6.50. The van der Waals surface area contributed by atoms with Crippen molar-refractivity contribution in [1.29, 1.82) is 0 Å². The van der Waals surface area contributed by atoms with Crippen molar-refractivity contribution in [3.8, 4) is 0 Å². The van der Waals surface area contributed by atoms with Crippen LogP contribution in [-0.4, -0.2) is 25.0 Å². The number of anilines is 2. The minimum absolute atomic E-state index is 0.0547. The summed E-state index contributed by atoms with van der Waals surface area (Å²) in [5.74, 6) is -0.101. The Hall–Kier alpha value is -2.09. The molecule has 0 atom stereocenters. The number of carbonyl (C=O) groups is 1. The quantitative estimate of drug-likeness (QED) is 0.858. The van der Waals surface area contributed by atoms with Gasteiger partial charge < -0.3 is 10.2 Å². The molecule has 0 aliphatic heterocycles. The summed E-state index contributed by atoms with van der Waals surface area (Å²) >= 11 is 2.86. The molecule has 0 aliphatic carbocycles. The molecule has 1 N–H and O–H groups in total. The predicted octanol–water partition coefficient (Wildman–Crippen LogP) is 4.18. The first-order valence-corrected chi connectivity index (χ1v) is 7.30. The van der Waals surface area contributed by atoms with E-state index >= 15 is 0 Å². The van der Waals surface area contributed by atoms with Crippen LogP contribution in [0.5, 0.6) is 0 Å². The summed E-state index contributed by atoms with van der Waals surface area (Å²) < 4.78 is 38.6. The van der Waals surface area contributed by atoms with Crippen LogP contribution in [0, 0.1) is 0 Å². The Morgan fingerprint density at radius 3 is 2.57 bits per heavy atom. The first-order chi connectivity index (χ1) is 10.7. The molecule has 2 aromatic rings. The van der Waals surface area contributed by atoms with Gasteiger partial charge >= 0.3 is 6.18 Å². The molecule has 0 saturated heterocycles. The molecule has 8 heteroatoms. The molecule has 0 unspecified atom stereocenters. The number of rotatable bonds is 3. The number of aromatic nitrogens is 1.